The van der Waals surface area contributed by atoms with Gasteiger partial charge < -0.3 is 10.5 Å². The Kier molecular flexibility index (Phi) is 3.39. The van der Waals surface area contributed by atoms with Crippen molar-refractivity contribution in [2.24, 2.45) is 0 Å². The van der Waals surface area contributed by atoms with E-state index in [4.69, 9.17) is 10.5 Å². The predicted molar refractivity (Wildman–Crippen MR) is 84.0 cm³/mol. The molecule has 0 atom stereocenters. The average molecular weight is 282 g/mol. The third-order valence-electron chi connectivity index (χ3n) is 3.03. The summed E-state index contributed by atoms with van der Waals surface area (Å²) in [6, 6.07) is 15.7. The second-order valence-electron chi connectivity index (χ2n) is 4.39. The number of aromatic nitrogens is 1. The molecule has 0 spiro atoms. The van der Waals surface area contributed by atoms with Gasteiger partial charge in [-0.25, -0.2) is 4.98 Å². The molecular weight excluding hydrogens is 268 g/mol. The van der Waals surface area contributed by atoms with Gasteiger partial charge in [0.2, 0.25) is 0 Å². The number of nitrogens with two attached hydrogens (primary N) is 1. The Labute approximate surface area is 121 Å². The molecule has 100 valence electrons. The molecule has 0 amide bonds. The summed E-state index contributed by atoms with van der Waals surface area (Å²) in [5.41, 5.74) is 9.57. The van der Waals surface area contributed by atoms with Crippen molar-refractivity contribution in [3.63, 3.8) is 0 Å². The normalized spacial score (nSPS) is 10.4. The first kappa shape index (κ1) is 12.7. The number of thiazole rings is 1. The van der Waals surface area contributed by atoms with Gasteiger partial charge >= 0.3 is 0 Å². The first-order chi connectivity index (χ1) is 9.76. The Balaban J connectivity index is 1.95. The highest BCUT2D eigenvalue weighted by atomic mass is 32.1. The number of hydrogen-bond acceptors (Lipinski definition) is 4. The van der Waals surface area contributed by atoms with Crippen LogP contribution < -0.4 is 10.5 Å². The summed E-state index contributed by atoms with van der Waals surface area (Å²) in [5.74, 6) is 0.840. The van der Waals surface area contributed by atoms with Gasteiger partial charge in [-0.1, -0.05) is 24.3 Å². The van der Waals surface area contributed by atoms with E-state index in [1.807, 2.05) is 48.5 Å². The molecule has 1 aromatic heterocycles. The minimum atomic E-state index is 0.761. The van der Waals surface area contributed by atoms with E-state index < -0.39 is 0 Å². The van der Waals surface area contributed by atoms with Crippen LogP contribution in [0.1, 0.15) is 0 Å². The summed E-state index contributed by atoms with van der Waals surface area (Å²) >= 11 is 1.62. The topological polar surface area (TPSA) is 48.1 Å². The predicted octanol–water partition coefficient (Wildman–Crippen LogP) is 4.07. The molecule has 20 heavy (non-hydrogen) atoms. The number of nitrogen functional groups attached to an aromatic ring is 1. The molecular formula is C16H14N2OS. The molecule has 2 N–H and O–H groups in total. The zero-order valence-electron chi connectivity index (χ0n) is 11.0. The lowest BCUT2D eigenvalue weighted by atomic mass is 10.1. The van der Waals surface area contributed by atoms with E-state index in [9.17, 15) is 0 Å². The van der Waals surface area contributed by atoms with Gasteiger partial charge in [0.1, 0.15) is 10.8 Å². The van der Waals surface area contributed by atoms with Crippen molar-refractivity contribution < 1.29 is 4.74 Å². The minimum absolute atomic E-state index is 0.761. The van der Waals surface area contributed by atoms with E-state index in [1.54, 1.807) is 18.4 Å². The number of hydrogen-bond donors (Lipinski definition) is 1. The maximum absolute atomic E-state index is 5.70. The van der Waals surface area contributed by atoms with Crippen LogP contribution in [-0.2, 0) is 0 Å². The lowest BCUT2D eigenvalue weighted by Gasteiger charge is -2.01. The quantitative estimate of drug-likeness (QED) is 0.737. The third-order valence-corrected chi connectivity index (χ3v) is 3.92. The second kappa shape index (κ2) is 5.35. The van der Waals surface area contributed by atoms with Crippen molar-refractivity contribution in [3.8, 4) is 27.6 Å². The maximum atomic E-state index is 5.70. The molecule has 4 heteroatoms. The van der Waals surface area contributed by atoms with Crippen molar-refractivity contribution in [1.82, 2.24) is 4.98 Å². The summed E-state index contributed by atoms with van der Waals surface area (Å²) in [6.45, 7) is 0. The highest BCUT2D eigenvalue weighted by Gasteiger charge is 2.07. The molecule has 0 aliphatic rings. The van der Waals surface area contributed by atoms with Crippen molar-refractivity contribution >= 4 is 17.0 Å². The van der Waals surface area contributed by atoms with Gasteiger partial charge in [-0.05, 0) is 24.3 Å². The van der Waals surface area contributed by atoms with Crippen LogP contribution in [0.15, 0.2) is 53.9 Å². The van der Waals surface area contributed by atoms with Crippen molar-refractivity contribution in [3.05, 3.63) is 53.9 Å². The fourth-order valence-corrected chi connectivity index (χ4v) is 2.78. The number of ether oxygens (including phenoxy) is 1. The number of anilines is 1. The summed E-state index contributed by atoms with van der Waals surface area (Å²) in [5, 5.41) is 3.04. The molecule has 0 radical (unpaired) electrons. The highest BCUT2D eigenvalue weighted by Crippen LogP contribution is 2.30. The number of methoxy groups -OCH3 is 1. The molecule has 0 saturated heterocycles. The van der Waals surface area contributed by atoms with Crippen molar-refractivity contribution in [1.29, 1.82) is 0 Å². The van der Waals surface area contributed by atoms with Crippen LogP contribution in [0.2, 0.25) is 0 Å². The smallest absolute Gasteiger partial charge is 0.124 e. The van der Waals surface area contributed by atoms with Gasteiger partial charge in [0.25, 0.3) is 0 Å². The van der Waals surface area contributed by atoms with Crippen LogP contribution in [0.4, 0.5) is 5.69 Å². The first-order valence-corrected chi connectivity index (χ1v) is 7.10. The van der Waals surface area contributed by atoms with Crippen molar-refractivity contribution in [2.75, 3.05) is 12.8 Å². The molecule has 0 aliphatic carbocycles. The molecule has 1 heterocycles. The van der Waals surface area contributed by atoms with Crippen molar-refractivity contribution in [2.45, 2.75) is 0 Å². The SMILES string of the molecule is COc1cccc(-c2nc(-c3ccc(N)cc3)cs2)c1. The van der Waals surface area contributed by atoms with E-state index in [-0.39, 0.29) is 0 Å². The lowest BCUT2D eigenvalue weighted by Crippen LogP contribution is -1.85. The second-order valence-corrected chi connectivity index (χ2v) is 5.25. The molecule has 3 nitrogen and oxygen atoms in total. The fraction of sp³-hybridized carbons (Fsp3) is 0.0625. The zero-order valence-corrected chi connectivity index (χ0v) is 11.9. The number of nitrogens with zero attached hydrogens (tertiary/aromatic N) is 1. The van der Waals surface area contributed by atoms with E-state index >= 15 is 0 Å². The molecule has 2 aromatic carbocycles. The number of benzene rings is 2. The summed E-state index contributed by atoms with van der Waals surface area (Å²) in [6.07, 6.45) is 0. The maximum Gasteiger partial charge on any atom is 0.124 e. The van der Waals surface area contributed by atoms with Crippen LogP contribution in [0.5, 0.6) is 5.75 Å². The molecule has 0 saturated carbocycles. The van der Waals surface area contributed by atoms with Crippen LogP contribution >= 0.6 is 11.3 Å². The van der Waals surface area contributed by atoms with E-state index in [2.05, 4.69) is 10.4 Å². The summed E-state index contributed by atoms with van der Waals surface area (Å²) in [7, 11) is 1.67. The van der Waals surface area contributed by atoms with Gasteiger partial charge in [-0.3, -0.25) is 0 Å². The molecule has 0 aliphatic heterocycles. The Morgan fingerprint density at radius 3 is 2.60 bits per heavy atom. The molecule has 3 rings (SSSR count). The van der Waals surface area contributed by atoms with Gasteiger partial charge in [-0.15, -0.1) is 11.3 Å². The monoisotopic (exact) mass is 282 g/mol. The van der Waals surface area contributed by atoms with Crippen LogP contribution in [0.3, 0.4) is 0 Å². The van der Waals surface area contributed by atoms with Gasteiger partial charge in [-0.2, -0.15) is 0 Å². The summed E-state index contributed by atoms with van der Waals surface area (Å²) in [4.78, 5) is 4.68. The van der Waals surface area contributed by atoms with E-state index in [1.165, 1.54) is 0 Å². The van der Waals surface area contributed by atoms with E-state index in [0.717, 1.165) is 33.3 Å². The lowest BCUT2D eigenvalue weighted by molar-refractivity contribution is 0.415. The first-order valence-electron chi connectivity index (χ1n) is 6.22. The Hall–Kier alpha value is -2.33. The van der Waals surface area contributed by atoms with Gasteiger partial charge in [0.05, 0.1) is 12.8 Å². The Morgan fingerprint density at radius 2 is 1.85 bits per heavy atom. The van der Waals surface area contributed by atoms with Crippen LogP contribution in [-0.4, -0.2) is 12.1 Å². The van der Waals surface area contributed by atoms with E-state index in [0.29, 0.717) is 0 Å². The molecule has 0 bridgehead atoms. The van der Waals surface area contributed by atoms with Gasteiger partial charge in [0, 0.05) is 22.2 Å². The zero-order chi connectivity index (χ0) is 13.9. The summed E-state index contributed by atoms with van der Waals surface area (Å²) < 4.78 is 5.24. The highest BCUT2D eigenvalue weighted by molar-refractivity contribution is 7.13. The fourth-order valence-electron chi connectivity index (χ4n) is 1.95. The molecule has 0 unspecified atom stereocenters. The third kappa shape index (κ3) is 2.51. The average Bonchev–Trinajstić information content (AvgIpc) is 2.98. The standard InChI is InChI=1S/C16H14N2OS/c1-19-14-4-2-3-12(9-14)16-18-15(10-20-16)11-5-7-13(17)8-6-11/h2-10H,17H2,1H3. The Bertz CT molecular complexity index is 719. The molecule has 0 fully saturated rings. The van der Waals surface area contributed by atoms with Crippen LogP contribution in [0.25, 0.3) is 21.8 Å². The Morgan fingerprint density at radius 1 is 1.05 bits per heavy atom. The number of rotatable bonds is 3. The minimum Gasteiger partial charge on any atom is -0.497 e. The van der Waals surface area contributed by atoms with Gasteiger partial charge in [0.15, 0.2) is 0 Å². The largest absolute Gasteiger partial charge is 0.497 e. The molecule has 3 aromatic rings. The van der Waals surface area contributed by atoms with Crippen LogP contribution in [0, 0.1) is 0 Å².